The molecule has 4 heteroatoms. The summed E-state index contributed by atoms with van der Waals surface area (Å²) in [6, 6.07) is 11.7. The molecule has 0 bridgehead atoms. The molecule has 1 aromatic heterocycles. The lowest BCUT2D eigenvalue weighted by Gasteiger charge is -2.20. The van der Waals surface area contributed by atoms with Gasteiger partial charge in [-0.2, -0.15) is 5.10 Å². The fraction of sp³-hybridized carbons (Fsp3) is 0.333. The first-order valence-electron chi connectivity index (χ1n) is 7.64. The van der Waals surface area contributed by atoms with Gasteiger partial charge in [-0.25, -0.2) is 4.68 Å². The van der Waals surface area contributed by atoms with E-state index in [1.807, 2.05) is 32.0 Å². The molecular weight excluding hydrogens is 274 g/mol. The average molecular weight is 297 g/mol. The molecule has 116 valence electrons. The Bertz CT molecular complexity index is 710. The van der Waals surface area contributed by atoms with Gasteiger partial charge in [-0.05, 0) is 57.0 Å². The van der Waals surface area contributed by atoms with Crippen molar-refractivity contribution in [3.8, 4) is 0 Å². The molecule has 0 fully saturated rings. The number of aromatic nitrogens is 1. The molecule has 0 N–H and O–H groups in total. The lowest BCUT2D eigenvalue weighted by atomic mass is 10.2. The molecular formula is C18H23N3O. The number of anilines is 1. The van der Waals surface area contributed by atoms with E-state index in [4.69, 9.17) is 0 Å². The third kappa shape index (κ3) is 3.64. The molecule has 0 spiro atoms. The molecule has 0 unspecified atom stereocenters. The van der Waals surface area contributed by atoms with E-state index < -0.39 is 0 Å². The number of hydrogen-bond acceptors (Lipinski definition) is 3. The number of rotatable bonds is 5. The minimum atomic E-state index is -0.103. The molecule has 0 aliphatic heterocycles. The molecule has 0 amide bonds. The van der Waals surface area contributed by atoms with Crippen molar-refractivity contribution in [2.75, 3.05) is 18.0 Å². The van der Waals surface area contributed by atoms with Crippen LogP contribution in [0.2, 0.25) is 0 Å². The van der Waals surface area contributed by atoms with Crippen LogP contribution < -0.4 is 10.5 Å². The van der Waals surface area contributed by atoms with E-state index in [0.717, 1.165) is 29.9 Å². The monoisotopic (exact) mass is 297 g/mol. The fourth-order valence-electron chi connectivity index (χ4n) is 2.49. The van der Waals surface area contributed by atoms with Gasteiger partial charge >= 0.3 is 0 Å². The smallest absolute Gasteiger partial charge is 0.271 e. The second kappa shape index (κ2) is 7.07. The Morgan fingerprint density at radius 3 is 2.27 bits per heavy atom. The van der Waals surface area contributed by atoms with Gasteiger partial charge in [-0.15, -0.1) is 0 Å². The maximum Gasteiger partial charge on any atom is 0.271 e. The van der Waals surface area contributed by atoms with Crippen molar-refractivity contribution in [2.24, 2.45) is 5.10 Å². The van der Waals surface area contributed by atoms with Crippen LogP contribution in [0.4, 0.5) is 5.69 Å². The topological polar surface area (TPSA) is 37.6 Å². The average Bonchev–Trinajstić information content (AvgIpc) is 2.49. The van der Waals surface area contributed by atoms with Crippen LogP contribution in [-0.2, 0) is 0 Å². The van der Waals surface area contributed by atoms with Gasteiger partial charge in [0, 0.05) is 30.5 Å². The van der Waals surface area contributed by atoms with Crippen molar-refractivity contribution in [3.63, 3.8) is 0 Å². The van der Waals surface area contributed by atoms with Crippen LogP contribution >= 0.6 is 0 Å². The van der Waals surface area contributed by atoms with Crippen LogP contribution in [0.15, 0.2) is 46.3 Å². The van der Waals surface area contributed by atoms with E-state index in [1.54, 1.807) is 12.3 Å². The predicted molar refractivity (Wildman–Crippen MR) is 93.2 cm³/mol. The van der Waals surface area contributed by atoms with E-state index in [9.17, 15) is 4.79 Å². The summed E-state index contributed by atoms with van der Waals surface area (Å²) in [7, 11) is 0. The summed E-state index contributed by atoms with van der Waals surface area (Å²) in [6.45, 7) is 10.1. The quantitative estimate of drug-likeness (QED) is 0.795. The normalized spacial score (nSPS) is 11.1. The standard InChI is InChI=1S/C18H23N3O/c1-5-20(6-2)17-9-7-16(8-10-17)13-19-21-15(4)11-14(3)12-18(21)22/h7-13H,5-6H2,1-4H3. The van der Waals surface area contributed by atoms with Crippen LogP contribution in [0.1, 0.15) is 30.7 Å². The highest BCUT2D eigenvalue weighted by molar-refractivity contribution is 5.80. The number of hydrogen-bond donors (Lipinski definition) is 0. The Morgan fingerprint density at radius 2 is 1.73 bits per heavy atom. The van der Waals surface area contributed by atoms with Gasteiger partial charge in [0.15, 0.2) is 0 Å². The van der Waals surface area contributed by atoms with Crippen LogP contribution in [0.3, 0.4) is 0 Å². The second-order valence-electron chi connectivity index (χ2n) is 5.33. The van der Waals surface area contributed by atoms with Gasteiger partial charge in [-0.1, -0.05) is 12.1 Å². The summed E-state index contributed by atoms with van der Waals surface area (Å²) in [6.07, 6.45) is 1.72. The molecule has 22 heavy (non-hydrogen) atoms. The third-order valence-electron chi connectivity index (χ3n) is 3.67. The molecule has 0 atom stereocenters. The first-order valence-corrected chi connectivity index (χ1v) is 7.64. The van der Waals surface area contributed by atoms with Gasteiger partial charge in [-0.3, -0.25) is 4.79 Å². The van der Waals surface area contributed by atoms with Crippen molar-refractivity contribution < 1.29 is 0 Å². The molecule has 1 aromatic carbocycles. The zero-order valence-electron chi connectivity index (χ0n) is 13.7. The van der Waals surface area contributed by atoms with Crippen LogP contribution in [-0.4, -0.2) is 24.0 Å². The van der Waals surface area contributed by atoms with Crippen molar-refractivity contribution in [3.05, 3.63) is 63.6 Å². The SMILES string of the molecule is CCN(CC)c1ccc(C=Nn2c(C)cc(C)cc2=O)cc1. The summed E-state index contributed by atoms with van der Waals surface area (Å²) in [5.41, 5.74) is 3.86. The fourth-order valence-corrected chi connectivity index (χ4v) is 2.49. The molecule has 1 heterocycles. The van der Waals surface area contributed by atoms with E-state index in [2.05, 4.69) is 36.0 Å². The highest BCUT2D eigenvalue weighted by Gasteiger charge is 2.01. The molecule has 0 saturated heterocycles. The maximum absolute atomic E-state index is 11.9. The van der Waals surface area contributed by atoms with E-state index in [0.29, 0.717) is 0 Å². The summed E-state index contributed by atoms with van der Waals surface area (Å²) in [5.74, 6) is 0. The zero-order valence-corrected chi connectivity index (χ0v) is 13.7. The molecule has 4 nitrogen and oxygen atoms in total. The molecule has 2 aromatic rings. The van der Waals surface area contributed by atoms with E-state index in [-0.39, 0.29) is 5.56 Å². The predicted octanol–water partition coefficient (Wildman–Crippen LogP) is 3.19. The Balaban J connectivity index is 2.23. The van der Waals surface area contributed by atoms with Gasteiger partial charge in [0.1, 0.15) is 0 Å². The Morgan fingerprint density at radius 1 is 1.09 bits per heavy atom. The molecule has 0 saturated carbocycles. The lowest BCUT2D eigenvalue weighted by Crippen LogP contribution is -2.21. The van der Waals surface area contributed by atoms with Crippen molar-refractivity contribution in [2.45, 2.75) is 27.7 Å². The van der Waals surface area contributed by atoms with Crippen molar-refractivity contribution >= 4 is 11.9 Å². The van der Waals surface area contributed by atoms with Gasteiger partial charge in [0.05, 0.1) is 6.21 Å². The number of nitrogens with zero attached hydrogens (tertiary/aromatic N) is 3. The number of benzene rings is 1. The molecule has 2 rings (SSSR count). The zero-order chi connectivity index (χ0) is 16.1. The summed E-state index contributed by atoms with van der Waals surface area (Å²) in [5, 5.41) is 4.30. The Hall–Kier alpha value is -2.36. The van der Waals surface area contributed by atoms with Crippen molar-refractivity contribution in [1.82, 2.24) is 4.68 Å². The second-order valence-corrected chi connectivity index (χ2v) is 5.33. The van der Waals surface area contributed by atoms with E-state index >= 15 is 0 Å². The van der Waals surface area contributed by atoms with Gasteiger partial charge in [0.25, 0.3) is 5.56 Å². The third-order valence-corrected chi connectivity index (χ3v) is 3.67. The summed E-state index contributed by atoms with van der Waals surface area (Å²) >= 11 is 0. The van der Waals surface area contributed by atoms with Crippen LogP contribution in [0.25, 0.3) is 0 Å². The lowest BCUT2D eigenvalue weighted by molar-refractivity contribution is 0.791. The first-order chi connectivity index (χ1) is 10.5. The molecule has 0 aliphatic rings. The molecule has 0 radical (unpaired) electrons. The minimum Gasteiger partial charge on any atom is -0.372 e. The highest BCUT2D eigenvalue weighted by atomic mass is 16.1. The Kier molecular flexibility index (Phi) is 5.15. The van der Waals surface area contributed by atoms with Gasteiger partial charge < -0.3 is 4.90 Å². The van der Waals surface area contributed by atoms with E-state index in [1.165, 1.54) is 10.4 Å². The largest absolute Gasteiger partial charge is 0.372 e. The minimum absolute atomic E-state index is 0.103. The van der Waals surface area contributed by atoms with Crippen LogP contribution in [0.5, 0.6) is 0 Å². The molecule has 0 aliphatic carbocycles. The van der Waals surface area contributed by atoms with Crippen molar-refractivity contribution in [1.29, 1.82) is 0 Å². The Labute approximate surface area is 131 Å². The van der Waals surface area contributed by atoms with Gasteiger partial charge in [0.2, 0.25) is 0 Å². The first kappa shape index (κ1) is 16.0. The number of pyridine rings is 1. The van der Waals surface area contributed by atoms with Crippen LogP contribution in [0, 0.1) is 13.8 Å². The highest BCUT2D eigenvalue weighted by Crippen LogP contribution is 2.14. The maximum atomic E-state index is 11.9. The summed E-state index contributed by atoms with van der Waals surface area (Å²) < 4.78 is 1.42. The summed E-state index contributed by atoms with van der Waals surface area (Å²) in [4.78, 5) is 14.2. The number of aryl methyl sites for hydroxylation is 2.